The molecule has 32 heavy (non-hydrogen) atoms. The number of thioether (sulfide) groups is 1. The van der Waals surface area contributed by atoms with Crippen molar-refractivity contribution < 1.29 is 19.5 Å². The van der Waals surface area contributed by atoms with Crippen LogP contribution in [0.5, 0.6) is 0 Å². The van der Waals surface area contributed by atoms with Crippen LogP contribution in [0.4, 0.5) is 0 Å². The van der Waals surface area contributed by atoms with E-state index < -0.39 is 22.6 Å². The first kappa shape index (κ1) is 23.1. The zero-order chi connectivity index (χ0) is 22.9. The molecular weight excluding hydrogens is 426 g/mol. The van der Waals surface area contributed by atoms with Crippen molar-refractivity contribution in [2.75, 3.05) is 19.7 Å². The molecule has 3 unspecified atom stereocenters. The van der Waals surface area contributed by atoms with E-state index >= 15 is 0 Å². The maximum Gasteiger partial charge on any atom is 0.244 e. The Morgan fingerprint density at radius 2 is 1.97 bits per heavy atom. The lowest BCUT2D eigenvalue weighted by molar-refractivity contribution is -0.140. The maximum absolute atomic E-state index is 13.7. The fraction of sp³-hybridized carbons (Fsp3) is 0.625. The number of aliphatic hydroxyl groups is 1. The van der Waals surface area contributed by atoms with Crippen LogP contribution < -0.4 is 10.6 Å². The van der Waals surface area contributed by atoms with Gasteiger partial charge in [-0.3, -0.25) is 14.4 Å². The van der Waals surface area contributed by atoms with Crippen molar-refractivity contribution in [3.63, 3.8) is 0 Å². The van der Waals surface area contributed by atoms with Gasteiger partial charge in [-0.2, -0.15) is 0 Å². The fourth-order valence-electron chi connectivity index (χ4n) is 5.85. The van der Waals surface area contributed by atoms with Crippen molar-refractivity contribution in [3.8, 4) is 0 Å². The van der Waals surface area contributed by atoms with Crippen LogP contribution in [0.2, 0.25) is 0 Å². The van der Waals surface area contributed by atoms with E-state index in [1.165, 1.54) is 0 Å². The Labute approximate surface area is 193 Å². The van der Waals surface area contributed by atoms with E-state index in [0.717, 1.165) is 18.4 Å². The second-order valence-electron chi connectivity index (χ2n) is 9.16. The SMILES string of the molecule is CCCNC(=O)[C@@H]1[C@H]2C(=O)N(CCCO)C(C(=O)NCc3ccccc3)C23S[C@@H]1CC3C. The molecule has 1 spiro atoms. The highest BCUT2D eigenvalue weighted by Gasteiger charge is 2.75. The summed E-state index contributed by atoms with van der Waals surface area (Å²) in [6, 6.07) is 9.07. The van der Waals surface area contributed by atoms with Gasteiger partial charge in [0.15, 0.2) is 0 Å². The fourth-order valence-corrected chi connectivity index (χ4v) is 8.27. The van der Waals surface area contributed by atoms with Crippen LogP contribution in [0, 0.1) is 17.8 Å². The van der Waals surface area contributed by atoms with Crippen LogP contribution >= 0.6 is 11.8 Å². The van der Waals surface area contributed by atoms with Gasteiger partial charge in [0.05, 0.1) is 16.6 Å². The number of likely N-dealkylation sites (tertiary alicyclic amines) is 1. The summed E-state index contributed by atoms with van der Waals surface area (Å²) in [5.41, 5.74) is 0.995. The summed E-state index contributed by atoms with van der Waals surface area (Å²) >= 11 is 1.68. The van der Waals surface area contributed by atoms with Crippen molar-refractivity contribution in [3.05, 3.63) is 35.9 Å². The van der Waals surface area contributed by atoms with E-state index in [9.17, 15) is 19.5 Å². The van der Waals surface area contributed by atoms with Crippen LogP contribution in [0.1, 0.15) is 38.7 Å². The minimum atomic E-state index is -0.635. The molecule has 7 nitrogen and oxygen atoms in total. The highest BCUT2D eigenvalue weighted by atomic mass is 32.2. The molecule has 8 heteroatoms. The Morgan fingerprint density at radius 3 is 2.66 bits per heavy atom. The summed E-state index contributed by atoms with van der Waals surface area (Å²) in [5.74, 6) is -1.10. The number of rotatable bonds is 9. The Bertz CT molecular complexity index is 866. The minimum Gasteiger partial charge on any atom is -0.396 e. The molecule has 3 fully saturated rings. The molecule has 1 aromatic carbocycles. The zero-order valence-corrected chi connectivity index (χ0v) is 19.6. The number of fused-ring (bicyclic) bond motifs is 1. The summed E-state index contributed by atoms with van der Waals surface area (Å²) < 4.78 is -0.605. The summed E-state index contributed by atoms with van der Waals surface area (Å²) in [6.45, 7) is 5.36. The largest absolute Gasteiger partial charge is 0.396 e. The number of carbonyl (C=O) groups excluding carboxylic acids is 3. The van der Waals surface area contributed by atoms with Gasteiger partial charge in [0, 0.05) is 31.5 Å². The van der Waals surface area contributed by atoms with E-state index in [2.05, 4.69) is 17.6 Å². The Hall–Kier alpha value is -2.06. The van der Waals surface area contributed by atoms with E-state index in [1.807, 2.05) is 37.3 Å². The Morgan fingerprint density at radius 1 is 1.22 bits per heavy atom. The maximum atomic E-state index is 13.7. The summed E-state index contributed by atoms with van der Waals surface area (Å²) in [4.78, 5) is 42.0. The summed E-state index contributed by atoms with van der Waals surface area (Å²) in [5, 5.41) is 15.5. The van der Waals surface area contributed by atoms with Gasteiger partial charge in [-0.15, -0.1) is 11.8 Å². The molecule has 3 aliphatic rings. The van der Waals surface area contributed by atoms with E-state index in [1.54, 1.807) is 16.7 Å². The van der Waals surface area contributed by atoms with E-state index in [-0.39, 0.29) is 35.5 Å². The van der Waals surface area contributed by atoms with Gasteiger partial charge >= 0.3 is 0 Å². The van der Waals surface area contributed by atoms with Gasteiger partial charge in [0.2, 0.25) is 17.7 Å². The molecule has 3 N–H and O–H groups in total. The third kappa shape index (κ3) is 3.71. The number of nitrogens with zero attached hydrogens (tertiary/aromatic N) is 1. The number of benzene rings is 1. The van der Waals surface area contributed by atoms with Gasteiger partial charge in [-0.05, 0) is 30.7 Å². The van der Waals surface area contributed by atoms with Crippen molar-refractivity contribution in [2.45, 2.75) is 55.7 Å². The van der Waals surface area contributed by atoms with Gasteiger partial charge in [0.25, 0.3) is 0 Å². The lowest BCUT2D eigenvalue weighted by atomic mass is 9.66. The molecule has 0 radical (unpaired) electrons. The molecule has 0 aromatic heterocycles. The van der Waals surface area contributed by atoms with Crippen LogP contribution in [0.15, 0.2) is 30.3 Å². The number of hydrogen-bond acceptors (Lipinski definition) is 5. The number of nitrogens with one attached hydrogen (secondary N) is 2. The zero-order valence-electron chi connectivity index (χ0n) is 18.8. The lowest BCUT2D eigenvalue weighted by Crippen LogP contribution is -2.56. The minimum absolute atomic E-state index is 0.0501. The normalized spacial score (nSPS) is 32.8. The smallest absolute Gasteiger partial charge is 0.244 e. The molecule has 1 aromatic rings. The average molecular weight is 460 g/mol. The highest BCUT2D eigenvalue weighted by molar-refractivity contribution is 8.02. The third-order valence-electron chi connectivity index (χ3n) is 7.21. The average Bonchev–Trinajstić information content (AvgIpc) is 3.39. The van der Waals surface area contributed by atoms with Crippen molar-refractivity contribution in [2.24, 2.45) is 17.8 Å². The molecule has 0 aliphatic carbocycles. The monoisotopic (exact) mass is 459 g/mol. The van der Waals surface area contributed by atoms with Crippen molar-refractivity contribution >= 4 is 29.5 Å². The number of carbonyl (C=O) groups is 3. The molecule has 3 heterocycles. The molecule has 174 valence electrons. The number of aliphatic hydroxyl groups excluding tert-OH is 1. The lowest BCUT2D eigenvalue weighted by Gasteiger charge is -2.38. The molecule has 3 amide bonds. The van der Waals surface area contributed by atoms with Gasteiger partial charge in [0.1, 0.15) is 6.04 Å². The molecule has 6 atom stereocenters. The first-order chi connectivity index (χ1) is 15.5. The van der Waals surface area contributed by atoms with Gasteiger partial charge in [-0.1, -0.05) is 44.2 Å². The molecule has 0 saturated carbocycles. The predicted octanol–water partition coefficient (Wildman–Crippen LogP) is 1.55. The number of amides is 3. The Balaban J connectivity index is 1.64. The molecule has 3 saturated heterocycles. The van der Waals surface area contributed by atoms with Crippen LogP contribution in [-0.2, 0) is 20.9 Å². The van der Waals surface area contributed by atoms with E-state index in [4.69, 9.17) is 0 Å². The quantitative estimate of drug-likeness (QED) is 0.520. The van der Waals surface area contributed by atoms with Crippen molar-refractivity contribution in [1.82, 2.24) is 15.5 Å². The second kappa shape index (κ2) is 9.43. The second-order valence-corrected chi connectivity index (χ2v) is 10.7. The van der Waals surface area contributed by atoms with Gasteiger partial charge in [-0.25, -0.2) is 0 Å². The molecule has 4 rings (SSSR count). The summed E-state index contributed by atoms with van der Waals surface area (Å²) in [7, 11) is 0. The van der Waals surface area contributed by atoms with Crippen LogP contribution in [0.3, 0.4) is 0 Å². The summed E-state index contributed by atoms with van der Waals surface area (Å²) in [6.07, 6.45) is 2.07. The molecule has 2 bridgehead atoms. The first-order valence-electron chi connectivity index (χ1n) is 11.6. The van der Waals surface area contributed by atoms with Crippen LogP contribution in [0.25, 0.3) is 0 Å². The standard InChI is InChI=1S/C24H33N3O4S/c1-3-10-25-21(29)18-17-13-15(2)24(32-17)19(18)23(31)27(11-7-12-28)20(24)22(30)26-14-16-8-5-4-6-9-16/h4-6,8-9,15,17-20,28H,3,7,10-14H2,1-2H3,(H,25,29)(H,26,30)/t15?,17-,18+,19+,20?,24?/m1/s1. The van der Waals surface area contributed by atoms with Crippen molar-refractivity contribution in [1.29, 1.82) is 0 Å². The Kier molecular flexibility index (Phi) is 6.81. The van der Waals surface area contributed by atoms with E-state index in [0.29, 0.717) is 26.1 Å². The highest BCUT2D eigenvalue weighted by Crippen LogP contribution is 2.68. The topological polar surface area (TPSA) is 98.7 Å². The third-order valence-corrected chi connectivity index (χ3v) is 9.29. The molecular formula is C24H33N3O4S. The number of hydrogen-bond donors (Lipinski definition) is 3. The van der Waals surface area contributed by atoms with Crippen LogP contribution in [-0.4, -0.2) is 63.5 Å². The van der Waals surface area contributed by atoms with Gasteiger partial charge < -0.3 is 20.6 Å². The predicted molar refractivity (Wildman–Crippen MR) is 124 cm³/mol. The first-order valence-corrected chi connectivity index (χ1v) is 12.5. The molecule has 3 aliphatic heterocycles.